The van der Waals surface area contributed by atoms with E-state index in [-0.39, 0.29) is 12.4 Å². The van der Waals surface area contributed by atoms with Gasteiger partial charge in [-0.25, -0.2) is 4.98 Å². The van der Waals surface area contributed by atoms with Gasteiger partial charge >= 0.3 is 0 Å². The van der Waals surface area contributed by atoms with Crippen molar-refractivity contribution in [2.75, 3.05) is 13.2 Å². The van der Waals surface area contributed by atoms with Crippen molar-refractivity contribution in [1.29, 1.82) is 0 Å². The molecule has 0 unspecified atom stereocenters. The van der Waals surface area contributed by atoms with Crippen LogP contribution < -0.4 is 10.1 Å². The van der Waals surface area contributed by atoms with Crippen LogP contribution in [0, 0.1) is 0 Å². The number of hydrogen-bond acceptors (Lipinski definition) is 4. The molecule has 126 valence electrons. The number of benzene rings is 1. The molecule has 2 aromatic heterocycles. The monoisotopic (exact) mass is 364 g/mol. The van der Waals surface area contributed by atoms with Crippen molar-refractivity contribution in [2.24, 2.45) is 0 Å². The average molecular weight is 365 g/mol. The Hall–Kier alpha value is -2.01. The summed E-state index contributed by atoms with van der Waals surface area (Å²) in [6.45, 7) is 1.89. The first-order chi connectivity index (χ1) is 11.3. The van der Waals surface area contributed by atoms with Crippen LogP contribution in [0.5, 0.6) is 5.88 Å². The van der Waals surface area contributed by atoms with Crippen LogP contribution in [0.25, 0.3) is 11.3 Å². The standard InChI is InChI=1S/C18H17ClN2O2.ClH/c19-16-6-2-1-5-15(16)17-9-8-14(23-17)13-20-11-12-22-18-7-3-4-10-21-18;/h1-10,20H,11-13H2;1H. The number of nitrogens with one attached hydrogen (secondary N) is 1. The predicted octanol–water partition coefficient (Wildman–Crippen LogP) is 4.59. The molecule has 3 aromatic rings. The Labute approximate surface area is 152 Å². The third-order valence-electron chi connectivity index (χ3n) is 3.27. The molecule has 6 heteroatoms. The van der Waals surface area contributed by atoms with Crippen LogP contribution in [0.3, 0.4) is 0 Å². The summed E-state index contributed by atoms with van der Waals surface area (Å²) in [7, 11) is 0. The fourth-order valence-electron chi connectivity index (χ4n) is 2.15. The van der Waals surface area contributed by atoms with E-state index < -0.39 is 0 Å². The molecule has 1 aromatic carbocycles. The quantitative estimate of drug-likeness (QED) is 0.623. The molecule has 0 saturated carbocycles. The van der Waals surface area contributed by atoms with Crippen LogP contribution in [0.4, 0.5) is 0 Å². The summed E-state index contributed by atoms with van der Waals surface area (Å²) in [6, 6.07) is 17.1. The second kappa shape index (κ2) is 9.33. The van der Waals surface area contributed by atoms with Crippen molar-refractivity contribution >= 4 is 24.0 Å². The number of furan rings is 1. The Morgan fingerprint density at radius 3 is 2.67 bits per heavy atom. The first kappa shape index (κ1) is 18.3. The highest BCUT2D eigenvalue weighted by Gasteiger charge is 2.07. The van der Waals surface area contributed by atoms with Gasteiger partial charge in [0.15, 0.2) is 0 Å². The molecule has 1 N–H and O–H groups in total. The van der Waals surface area contributed by atoms with E-state index in [0.717, 1.165) is 17.1 Å². The topological polar surface area (TPSA) is 47.3 Å². The lowest BCUT2D eigenvalue weighted by Gasteiger charge is -2.05. The molecule has 4 nitrogen and oxygen atoms in total. The Balaban J connectivity index is 0.00000208. The van der Waals surface area contributed by atoms with Crippen molar-refractivity contribution in [3.8, 4) is 17.2 Å². The van der Waals surface area contributed by atoms with Gasteiger partial charge in [0, 0.05) is 24.4 Å². The number of pyridine rings is 1. The molecule has 0 spiro atoms. The number of halogens is 2. The summed E-state index contributed by atoms with van der Waals surface area (Å²) in [5, 5.41) is 3.96. The summed E-state index contributed by atoms with van der Waals surface area (Å²) in [5.41, 5.74) is 0.902. The number of hydrogen-bond donors (Lipinski definition) is 1. The van der Waals surface area contributed by atoms with E-state index >= 15 is 0 Å². The van der Waals surface area contributed by atoms with Crippen LogP contribution in [0.15, 0.2) is 65.2 Å². The molecule has 0 amide bonds. The maximum Gasteiger partial charge on any atom is 0.213 e. The molecule has 0 fully saturated rings. The normalized spacial score (nSPS) is 10.2. The van der Waals surface area contributed by atoms with Crippen LogP contribution in [-0.2, 0) is 6.54 Å². The first-order valence-corrected chi connectivity index (χ1v) is 7.79. The van der Waals surface area contributed by atoms with E-state index in [0.29, 0.717) is 30.6 Å². The van der Waals surface area contributed by atoms with Gasteiger partial charge in [-0.2, -0.15) is 0 Å². The Bertz CT molecular complexity index is 748. The van der Waals surface area contributed by atoms with E-state index in [1.165, 1.54) is 0 Å². The van der Waals surface area contributed by atoms with Gasteiger partial charge in [0.05, 0.1) is 11.6 Å². The fraction of sp³-hybridized carbons (Fsp3) is 0.167. The molecule has 0 atom stereocenters. The first-order valence-electron chi connectivity index (χ1n) is 7.41. The molecule has 0 aliphatic rings. The molecular weight excluding hydrogens is 347 g/mol. The van der Waals surface area contributed by atoms with E-state index in [9.17, 15) is 0 Å². The predicted molar refractivity (Wildman–Crippen MR) is 97.8 cm³/mol. The van der Waals surface area contributed by atoms with Crippen molar-refractivity contribution in [2.45, 2.75) is 6.54 Å². The van der Waals surface area contributed by atoms with Gasteiger partial charge in [0.1, 0.15) is 18.1 Å². The highest BCUT2D eigenvalue weighted by molar-refractivity contribution is 6.33. The zero-order valence-electron chi connectivity index (χ0n) is 12.9. The average Bonchev–Trinajstić information content (AvgIpc) is 3.04. The summed E-state index contributed by atoms with van der Waals surface area (Å²) in [4.78, 5) is 4.10. The van der Waals surface area contributed by atoms with Crippen LogP contribution >= 0.6 is 24.0 Å². The lowest BCUT2D eigenvalue weighted by molar-refractivity contribution is 0.300. The Kier molecular flexibility index (Phi) is 7.12. The van der Waals surface area contributed by atoms with Crippen molar-refractivity contribution in [3.63, 3.8) is 0 Å². The van der Waals surface area contributed by atoms with Gasteiger partial charge in [-0.1, -0.05) is 29.8 Å². The summed E-state index contributed by atoms with van der Waals surface area (Å²) in [6.07, 6.45) is 1.71. The smallest absolute Gasteiger partial charge is 0.213 e. The second-order valence-electron chi connectivity index (χ2n) is 4.94. The van der Waals surface area contributed by atoms with E-state index in [2.05, 4.69) is 10.3 Å². The third kappa shape index (κ3) is 4.99. The summed E-state index contributed by atoms with van der Waals surface area (Å²) in [5.74, 6) is 2.27. The van der Waals surface area contributed by atoms with Crippen LogP contribution in [0.1, 0.15) is 5.76 Å². The molecule has 0 aliphatic carbocycles. The minimum Gasteiger partial charge on any atom is -0.476 e. The highest BCUT2D eigenvalue weighted by Crippen LogP contribution is 2.28. The molecule has 0 aliphatic heterocycles. The van der Waals surface area contributed by atoms with Gasteiger partial charge in [0.25, 0.3) is 0 Å². The number of ether oxygens (including phenoxy) is 1. The highest BCUT2D eigenvalue weighted by atomic mass is 35.5. The molecule has 3 rings (SSSR count). The van der Waals surface area contributed by atoms with Gasteiger partial charge in [-0.15, -0.1) is 12.4 Å². The van der Waals surface area contributed by atoms with Crippen LogP contribution in [0.2, 0.25) is 5.02 Å². The van der Waals surface area contributed by atoms with E-state index in [4.69, 9.17) is 20.8 Å². The zero-order chi connectivity index (χ0) is 15.9. The lowest BCUT2D eigenvalue weighted by Crippen LogP contribution is -2.20. The van der Waals surface area contributed by atoms with Gasteiger partial charge in [0.2, 0.25) is 5.88 Å². The molecule has 0 bridgehead atoms. The Morgan fingerprint density at radius 1 is 1.04 bits per heavy atom. The summed E-state index contributed by atoms with van der Waals surface area (Å²) < 4.78 is 11.3. The molecule has 24 heavy (non-hydrogen) atoms. The van der Waals surface area contributed by atoms with Gasteiger partial charge < -0.3 is 14.5 Å². The van der Waals surface area contributed by atoms with Crippen LogP contribution in [-0.4, -0.2) is 18.1 Å². The second-order valence-corrected chi connectivity index (χ2v) is 5.35. The lowest BCUT2D eigenvalue weighted by atomic mass is 10.2. The van der Waals surface area contributed by atoms with Crippen molar-refractivity contribution in [1.82, 2.24) is 10.3 Å². The van der Waals surface area contributed by atoms with E-state index in [1.807, 2.05) is 54.6 Å². The minimum atomic E-state index is 0. The maximum atomic E-state index is 6.17. The molecule has 2 heterocycles. The fourth-order valence-corrected chi connectivity index (χ4v) is 2.38. The SMILES string of the molecule is Cl.Clc1ccccc1-c1ccc(CNCCOc2ccccn2)o1. The summed E-state index contributed by atoms with van der Waals surface area (Å²) >= 11 is 6.17. The van der Waals surface area contributed by atoms with Gasteiger partial charge in [-0.05, 0) is 30.3 Å². The largest absolute Gasteiger partial charge is 0.476 e. The number of rotatable bonds is 7. The molecule has 0 radical (unpaired) electrons. The van der Waals surface area contributed by atoms with Gasteiger partial charge in [-0.3, -0.25) is 0 Å². The third-order valence-corrected chi connectivity index (χ3v) is 3.60. The zero-order valence-corrected chi connectivity index (χ0v) is 14.5. The molecular formula is C18H18Cl2N2O2. The van der Waals surface area contributed by atoms with Crippen molar-refractivity contribution < 1.29 is 9.15 Å². The Morgan fingerprint density at radius 2 is 1.88 bits per heavy atom. The van der Waals surface area contributed by atoms with Crippen molar-refractivity contribution in [3.05, 3.63) is 71.6 Å². The number of nitrogens with zero attached hydrogens (tertiary/aromatic N) is 1. The maximum absolute atomic E-state index is 6.17. The number of aromatic nitrogens is 1. The molecule has 0 saturated heterocycles. The minimum absolute atomic E-state index is 0. The van der Waals surface area contributed by atoms with E-state index in [1.54, 1.807) is 6.20 Å².